The molecule has 9 heteroatoms. The van der Waals surface area contributed by atoms with Crippen molar-refractivity contribution in [2.24, 2.45) is 0 Å². The average molecular weight is 456 g/mol. The maximum Gasteiger partial charge on any atom is 0.285 e. The summed E-state index contributed by atoms with van der Waals surface area (Å²) in [5.41, 5.74) is 2.80. The molecule has 8 nitrogen and oxygen atoms in total. The van der Waals surface area contributed by atoms with Gasteiger partial charge in [-0.1, -0.05) is 42.1 Å². The topological polar surface area (TPSA) is 82.6 Å². The molecule has 0 saturated heterocycles. The van der Waals surface area contributed by atoms with Crippen LogP contribution in [0, 0.1) is 0 Å². The van der Waals surface area contributed by atoms with Crippen LogP contribution in [-0.2, 0) is 13.1 Å². The first-order valence-corrected chi connectivity index (χ1v) is 11.5. The number of aromatic nitrogens is 6. The zero-order valence-corrected chi connectivity index (χ0v) is 18.7. The zero-order valence-electron chi connectivity index (χ0n) is 17.9. The van der Waals surface area contributed by atoms with Crippen molar-refractivity contribution in [3.63, 3.8) is 0 Å². The predicted octanol–water partition coefficient (Wildman–Crippen LogP) is 3.79. The van der Waals surface area contributed by atoms with Crippen molar-refractivity contribution in [1.82, 2.24) is 28.9 Å². The highest BCUT2D eigenvalue weighted by atomic mass is 32.2. The van der Waals surface area contributed by atoms with Crippen molar-refractivity contribution >= 4 is 28.6 Å². The minimum atomic E-state index is -0.198. The molecule has 2 aromatic carbocycles. The molecule has 0 fully saturated rings. The van der Waals surface area contributed by atoms with Gasteiger partial charge in [0.25, 0.3) is 5.56 Å². The lowest BCUT2D eigenvalue weighted by Gasteiger charge is -2.10. The Balaban J connectivity index is 1.45. The van der Waals surface area contributed by atoms with Gasteiger partial charge in [-0.3, -0.25) is 4.79 Å². The van der Waals surface area contributed by atoms with Crippen LogP contribution in [0.5, 0.6) is 0 Å². The van der Waals surface area contributed by atoms with E-state index in [2.05, 4.69) is 66.9 Å². The molecule has 0 saturated carbocycles. The normalized spacial score (nSPS) is 15.0. The molecule has 3 aromatic heterocycles. The Hall–Kier alpha value is -3.85. The number of fused-ring (bicyclic) bond motifs is 3. The molecule has 0 radical (unpaired) electrons. The van der Waals surface area contributed by atoms with Gasteiger partial charge < -0.3 is 14.5 Å². The van der Waals surface area contributed by atoms with Gasteiger partial charge in [0.2, 0.25) is 5.95 Å². The lowest BCUT2D eigenvalue weighted by atomic mass is 10.2. The van der Waals surface area contributed by atoms with E-state index in [1.165, 1.54) is 6.33 Å². The number of anilines is 1. The molecule has 0 amide bonds. The predicted molar refractivity (Wildman–Crippen MR) is 128 cm³/mol. The summed E-state index contributed by atoms with van der Waals surface area (Å²) in [7, 11) is 0. The number of hydrogen-bond donors (Lipinski definition) is 1. The van der Waals surface area contributed by atoms with Gasteiger partial charge in [-0.2, -0.15) is 10.1 Å². The fourth-order valence-electron chi connectivity index (χ4n) is 4.21. The molecule has 1 aliphatic heterocycles. The highest BCUT2D eigenvalue weighted by molar-refractivity contribution is 7.99. The first kappa shape index (κ1) is 19.8. The molecule has 6 rings (SSSR count). The van der Waals surface area contributed by atoms with E-state index in [0.717, 1.165) is 33.2 Å². The summed E-state index contributed by atoms with van der Waals surface area (Å²) in [5.74, 6) is 0.644. The van der Waals surface area contributed by atoms with E-state index >= 15 is 0 Å². The van der Waals surface area contributed by atoms with E-state index in [9.17, 15) is 4.79 Å². The first-order chi connectivity index (χ1) is 16.2. The molecule has 33 heavy (non-hydrogen) atoms. The summed E-state index contributed by atoms with van der Waals surface area (Å²) in [6.07, 6.45) is 5.28. The smallest absolute Gasteiger partial charge is 0.285 e. The van der Waals surface area contributed by atoms with Crippen molar-refractivity contribution in [1.29, 1.82) is 0 Å². The molecule has 1 aliphatic rings. The molecule has 1 N–H and O–H groups in total. The Kier molecular flexibility index (Phi) is 4.76. The molecule has 4 heterocycles. The quantitative estimate of drug-likeness (QED) is 0.434. The van der Waals surface area contributed by atoms with Crippen LogP contribution in [0.25, 0.3) is 16.6 Å². The van der Waals surface area contributed by atoms with Crippen LogP contribution in [0.1, 0.15) is 12.5 Å². The molecular weight excluding hydrogens is 434 g/mol. The Morgan fingerprint density at radius 3 is 2.70 bits per heavy atom. The molecule has 164 valence electrons. The summed E-state index contributed by atoms with van der Waals surface area (Å²) >= 11 is 1.60. The molecule has 0 aliphatic carbocycles. The second kappa shape index (κ2) is 7.93. The van der Waals surface area contributed by atoms with Gasteiger partial charge in [0.1, 0.15) is 12.7 Å². The van der Waals surface area contributed by atoms with Gasteiger partial charge in [0, 0.05) is 30.2 Å². The second-order valence-corrected chi connectivity index (χ2v) is 9.20. The summed E-state index contributed by atoms with van der Waals surface area (Å²) in [5, 5.41) is 9.06. The largest absolute Gasteiger partial charge is 0.351 e. The third-order valence-electron chi connectivity index (χ3n) is 5.74. The van der Waals surface area contributed by atoms with Crippen molar-refractivity contribution in [3.8, 4) is 5.69 Å². The van der Waals surface area contributed by atoms with Crippen molar-refractivity contribution in [2.75, 3.05) is 5.32 Å². The van der Waals surface area contributed by atoms with Gasteiger partial charge in [-0.15, -0.1) is 0 Å². The van der Waals surface area contributed by atoms with Crippen molar-refractivity contribution in [2.45, 2.75) is 36.0 Å². The Bertz CT molecular complexity index is 1490. The van der Waals surface area contributed by atoms with E-state index in [0.29, 0.717) is 17.9 Å². The number of rotatable bonds is 5. The van der Waals surface area contributed by atoms with Gasteiger partial charge >= 0.3 is 0 Å². The van der Waals surface area contributed by atoms with Crippen LogP contribution in [-0.4, -0.2) is 34.9 Å². The van der Waals surface area contributed by atoms with Gasteiger partial charge in [0.05, 0.1) is 21.6 Å². The van der Waals surface area contributed by atoms with Crippen LogP contribution in [0.4, 0.5) is 5.95 Å². The third kappa shape index (κ3) is 3.60. The highest BCUT2D eigenvalue weighted by Crippen LogP contribution is 2.35. The Morgan fingerprint density at radius 2 is 1.94 bits per heavy atom. The summed E-state index contributed by atoms with van der Waals surface area (Å²) in [6.45, 7) is 3.52. The van der Waals surface area contributed by atoms with Crippen LogP contribution < -0.4 is 10.9 Å². The van der Waals surface area contributed by atoms with Crippen LogP contribution >= 0.6 is 11.8 Å². The number of benzene rings is 2. The standard InChI is InChI=1S/C24H21N7OS/c1-16-11-30-20-13-29(12-17-7-9-18(10-8-17)31-15-25-14-26-31)23(33-19-5-3-2-4-6-19)21(20)22(32)28-24(30)27-16/h2-10,13-16H,11-12H2,1H3,(H,27,28,32)/t16-/m1/s1. The lowest BCUT2D eigenvalue weighted by molar-refractivity contribution is 0.704. The molecule has 5 aromatic rings. The van der Waals surface area contributed by atoms with Gasteiger partial charge in [-0.25, -0.2) is 9.67 Å². The lowest BCUT2D eigenvalue weighted by Crippen LogP contribution is -2.12. The van der Waals surface area contributed by atoms with E-state index in [1.54, 1.807) is 22.8 Å². The third-order valence-corrected chi connectivity index (χ3v) is 6.88. The van der Waals surface area contributed by atoms with Crippen LogP contribution in [0.3, 0.4) is 0 Å². The molecule has 0 bridgehead atoms. The van der Waals surface area contributed by atoms with Crippen LogP contribution in [0.15, 0.2) is 88.2 Å². The van der Waals surface area contributed by atoms with E-state index in [-0.39, 0.29) is 11.6 Å². The SMILES string of the molecule is C[C@@H]1Cn2c(nc(=O)c3c(Sc4ccccc4)n(Cc4ccc(-n5cncn5)cc4)cc32)N1. The fraction of sp³-hybridized carbons (Fsp3) is 0.167. The monoisotopic (exact) mass is 455 g/mol. The summed E-state index contributed by atoms with van der Waals surface area (Å²) in [4.78, 5) is 22.5. The fourth-order valence-corrected chi connectivity index (χ4v) is 5.26. The molecular formula is C24H21N7OS. The maximum atomic E-state index is 13.1. The van der Waals surface area contributed by atoms with Crippen molar-refractivity contribution in [3.05, 3.63) is 89.4 Å². The van der Waals surface area contributed by atoms with E-state index in [1.807, 2.05) is 30.3 Å². The highest BCUT2D eigenvalue weighted by Gasteiger charge is 2.24. The number of nitrogens with zero attached hydrogens (tertiary/aromatic N) is 6. The summed E-state index contributed by atoms with van der Waals surface area (Å²) in [6, 6.07) is 18.6. The van der Waals surface area contributed by atoms with Gasteiger partial charge in [-0.05, 0) is 36.8 Å². The number of hydrogen-bond acceptors (Lipinski definition) is 6. The Morgan fingerprint density at radius 1 is 1.12 bits per heavy atom. The van der Waals surface area contributed by atoms with E-state index < -0.39 is 0 Å². The molecule has 0 unspecified atom stereocenters. The van der Waals surface area contributed by atoms with E-state index in [4.69, 9.17) is 0 Å². The Labute approximate surface area is 193 Å². The zero-order chi connectivity index (χ0) is 22.4. The first-order valence-electron chi connectivity index (χ1n) is 10.7. The molecule has 0 spiro atoms. The molecule has 1 atom stereocenters. The van der Waals surface area contributed by atoms with Crippen LogP contribution in [0.2, 0.25) is 0 Å². The number of nitrogens with one attached hydrogen (secondary N) is 1. The second-order valence-electron chi connectivity index (χ2n) is 8.14. The summed E-state index contributed by atoms with van der Waals surface area (Å²) < 4.78 is 6.00. The minimum absolute atomic E-state index is 0.198. The average Bonchev–Trinajstić information content (AvgIpc) is 3.55. The van der Waals surface area contributed by atoms with Crippen molar-refractivity contribution < 1.29 is 0 Å². The maximum absolute atomic E-state index is 13.1. The minimum Gasteiger partial charge on any atom is -0.351 e. The van der Waals surface area contributed by atoms with Gasteiger partial charge in [0.15, 0.2) is 0 Å².